The third-order valence-corrected chi connectivity index (χ3v) is 4.82. The fourth-order valence-corrected chi connectivity index (χ4v) is 2.88. The molecule has 1 heterocycles. The Kier molecular flexibility index (Phi) is 6.85. The zero-order chi connectivity index (χ0) is 21.5. The minimum atomic E-state index is -0.820. The van der Waals surface area contributed by atoms with Crippen LogP contribution in [0.3, 0.4) is 0 Å². The fraction of sp³-hybridized carbons (Fsp3) is 0.261. The van der Waals surface area contributed by atoms with Gasteiger partial charge in [0.05, 0.1) is 0 Å². The Labute approximate surface area is 175 Å². The fourth-order valence-electron chi connectivity index (χ4n) is 2.88. The first-order chi connectivity index (χ1) is 14.5. The molecule has 3 rings (SSSR count). The first-order valence-corrected chi connectivity index (χ1v) is 9.80. The molecular weight excluding hydrogens is 384 g/mol. The molecule has 7 nitrogen and oxygen atoms in total. The van der Waals surface area contributed by atoms with Crippen molar-refractivity contribution in [3.8, 4) is 11.5 Å². The zero-order valence-electron chi connectivity index (χ0n) is 16.9. The van der Waals surface area contributed by atoms with E-state index < -0.39 is 17.8 Å². The summed E-state index contributed by atoms with van der Waals surface area (Å²) < 4.78 is 11.4. The van der Waals surface area contributed by atoms with Crippen molar-refractivity contribution in [2.75, 3.05) is 13.2 Å². The Morgan fingerprint density at radius 2 is 1.33 bits per heavy atom. The number of hydrogen-bond acceptors (Lipinski definition) is 5. The van der Waals surface area contributed by atoms with Gasteiger partial charge in [0.15, 0.2) is 0 Å². The van der Waals surface area contributed by atoms with Gasteiger partial charge in [-0.2, -0.15) is 0 Å². The summed E-state index contributed by atoms with van der Waals surface area (Å²) >= 11 is 0. The minimum Gasteiger partial charge on any atom is -0.490 e. The maximum Gasteiger partial charge on any atom is 0.328 e. The molecule has 1 fully saturated rings. The molecule has 0 bridgehead atoms. The lowest BCUT2D eigenvalue weighted by Gasteiger charge is -2.14. The average Bonchev–Trinajstić information content (AvgIpc) is 2.74. The van der Waals surface area contributed by atoms with Crippen LogP contribution in [0.25, 0.3) is 6.08 Å². The normalized spacial score (nSPS) is 14.6. The first kappa shape index (κ1) is 21.1. The molecule has 0 saturated carbocycles. The van der Waals surface area contributed by atoms with Crippen LogP contribution in [0.4, 0.5) is 4.79 Å². The van der Waals surface area contributed by atoms with Crippen molar-refractivity contribution < 1.29 is 23.9 Å². The molecule has 0 spiro atoms. The smallest absolute Gasteiger partial charge is 0.328 e. The van der Waals surface area contributed by atoms with E-state index in [2.05, 4.69) is 26.0 Å². The number of barbiturate groups is 1. The largest absolute Gasteiger partial charge is 0.490 e. The highest BCUT2D eigenvalue weighted by molar-refractivity contribution is 6.31. The highest BCUT2D eigenvalue weighted by Crippen LogP contribution is 2.21. The van der Waals surface area contributed by atoms with E-state index in [-0.39, 0.29) is 5.57 Å². The van der Waals surface area contributed by atoms with Crippen LogP contribution in [0.5, 0.6) is 11.5 Å². The minimum absolute atomic E-state index is 0.129. The van der Waals surface area contributed by atoms with E-state index in [1.54, 1.807) is 24.3 Å². The summed E-state index contributed by atoms with van der Waals surface area (Å²) in [5.74, 6) is 0.526. The molecular formula is C23H24N2O5. The number of benzene rings is 2. The summed E-state index contributed by atoms with van der Waals surface area (Å²) in [6.45, 7) is 5.15. The molecule has 1 saturated heterocycles. The lowest BCUT2D eigenvalue weighted by molar-refractivity contribution is -0.123. The molecule has 1 aliphatic heterocycles. The third-order valence-electron chi connectivity index (χ3n) is 4.82. The van der Waals surface area contributed by atoms with E-state index in [0.29, 0.717) is 30.4 Å². The zero-order valence-corrected chi connectivity index (χ0v) is 16.9. The van der Waals surface area contributed by atoms with Crippen LogP contribution in [-0.2, 0) is 9.59 Å². The van der Waals surface area contributed by atoms with Gasteiger partial charge in [-0.15, -0.1) is 0 Å². The molecule has 30 heavy (non-hydrogen) atoms. The van der Waals surface area contributed by atoms with Gasteiger partial charge in [0.1, 0.15) is 30.3 Å². The Morgan fingerprint density at radius 3 is 1.83 bits per heavy atom. The number of rotatable bonds is 8. The summed E-state index contributed by atoms with van der Waals surface area (Å²) in [6, 6.07) is 14.2. The molecule has 1 atom stereocenters. The molecule has 2 aromatic carbocycles. The number of ether oxygens (including phenoxy) is 2. The van der Waals surface area contributed by atoms with Crippen molar-refractivity contribution in [1.82, 2.24) is 10.6 Å². The molecule has 2 N–H and O–H groups in total. The average molecular weight is 408 g/mol. The van der Waals surface area contributed by atoms with E-state index >= 15 is 0 Å². The lowest BCUT2D eigenvalue weighted by atomic mass is 9.99. The molecule has 2 aromatic rings. The van der Waals surface area contributed by atoms with E-state index in [1.165, 1.54) is 11.6 Å². The van der Waals surface area contributed by atoms with Gasteiger partial charge in [-0.3, -0.25) is 20.2 Å². The number of imide groups is 2. The number of amides is 4. The van der Waals surface area contributed by atoms with Crippen LogP contribution < -0.4 is 20.1 Å². The van der Waals surface area contributed by atoms with Crippen molar-refractivity contribution in [2.45, 2.75) is 26.2 Å². The molecule has 0 aliphatic carbocycles. The van der Waals surface area contributed by atoms with Crippen molar-refractivity contribution in [2.24, 2.45) is 0 Å². The Balaban J connectivity index is 1.48. The highest BCUT2D eigenvalue weighted by Gasteiger charge is 2.27. The van der Waals surface area contributed by atoms with E-state index in [1.807, 2.05) is 22.8 Å². The second-order valence-electron chi connectivity index (χ2n) is 6.94. The van der Waals surface area contributed by atoms with Gasteiger partial charge in [0.25, 0.3) is 11.8 Å². The van der Waals surface area contributed by atoms with Crippen LogP contribution in [-0.4, -0.2) is 31.1 Å². The molecule has 0 unspecified atom stereocenters. The molecule has 7 heteroatoms. The number of nitrogens with one attached hydrogen (secondary N) is 2. The first-order valence-electron chi connectivity index (χ1n) is 9.80. The topological polar surface area (TPSA) is 93.7 Å². The highest BCUT2D eigenvalue weighted by atomic mass is 16.5. The molecule has 156 valence electrons. The summed E-state index contributed by atoms with van der Waals surface area (Å²) in [4.78, 5) is 34.6. The second kappa shape index (κ2) is 9.73. The predicted molar refractivity (Wildman–Crippen MR) is 112 cm³/mol. The Morgan fingerprint density at radius 1 is 0.833 bits per heavy atom. The van der Waals surface area contributed by atoms with E-state index in [0.717, 1.165) is 12.2 Å². The van der Waals surface area contributed by atoms with Crippen molar-refractivity contribution >= 4 is 23.9 Å². The van der Waals surface area contributed by atoms with Crippen LogP contribution in [0.15, 0.2) is 54.1 Å². The van der Waals surface area contributed by atoms with Gasteiger partial charge in [-0.1, -0.05) is 38.1 Å². The van der Waals surface area contributed by atoms with Gasteiger partial charge < -0.3 is 9.47 Å². The van der Waals surface area contributed by atoms with Gasteiger partial charge in [0, 0.05) is 0 Å². The molecule has 0 aromatic heterocycles. The third kappa shape index (κ3) is 5.47. The lowest BCUT2D eigenvalue weighted by Crippen LogP contribution is -2.51. The quantitative estimate of drug-likeness (QED) is 0.397. The second-order valence-corrected chi connectivity index (χ2v) is 6.94. The Bertz CT molecular complexity index is 927. The van der Waals surface area contributed by atoms with Gasteiger partial charge >= 0.3 is 6.03 Å². The van der Waals surface area contributed by atoms with Crippen molar-refractivity contribution in [3.05, 3.63) is 65.2 Å². The SMILES string of the molecule is CC[C@H](C)c1ccc(OCCOc2ccc(C=C3C(=O)NC(=O)NC3=O)cc2)cc1. The standard InChI is InChI=1S/C23H24N2O5/c1-3-15(2)17-6-10-19(11-7-17)30-13-12-29-18-8-4-16(5-9-18)14-20-21(26)24-23(28)25-22(20)27/h4-11,14-15H,3,12-13H2,1-2H3,(H2,24,25,26,27,28)/t15-/m0/s1. The van der Waals surface area contributed by atoms with Crippen LogP contribution in [0.2, 0.25) is 0 Å². The number of urea groups is 1. The van der Waals surface area contributed by atoms with E-state index in [4.69, 9.17) is 9.47 Å². The maximum atomic E-state index is 11.7. The molecule has 1 aliphatic rings. The summed E-state index contributed by atoms with van der Waals surface area (Å²) in [7, 11) is 0. The van der Waals surface area contributed by atoms with Gasteiger partial charge in [-0.25, -0.2) is 4.79 Å². The summed E-state index contributed by atoms with van der Waals surface area (Å²) in [6.07, 6.45) is 2.51. The summed E-state index contributed by atoms with van der Waals surface area (Å²) in [5.41, 5.74) is 1.80. The molecule has 0 radical (unpaired) electrons. The number of carbonyl (C=O) groups excluding carboxylic acids is 3. The number of hydrogen-bond donors (Lipinski definition) is 2. The van der Waals surface area contributed by atoms with Gasteiger partial charge in [-0.05, 0) is 53.8 Å². The van der Waals surface area contributed by atoms with Crippen LogP contribution >= 0.6 is 0 Å². The number of carbonyl (C=O) groups is 3. The molecule has 4 amide bonds. The summed E-state index contributed by atoms with van der Waals surface area (Å²) in [5, 5.41) is 4.07. The van der Waals surface area contributed by atoms with Gasteiger partial charge in [0.2, 0.25) is 0 Å². The maximum absolute atomic E-state index is 11.7. The van der Waals surface area contributed by atoms with E-state index in [9.17, 15) is 14.4 Å². The van der Waals surface area contributed by atoms with Crippen LogP contribution in [0, 0.1) is 0 Å². The van der Waals surface area contributed by atoms with Crippen molar-refractivity contribution in [3.63, 3.8) is 0 Å². The Hall–Kier alpha value is -3.61. The van der Waals surface area contributed by atoms with Crippen molar-refractivity contribution in [1.29, 1.82) is 0 Å². The van der Waals surface area contributed by atoms with Crippen LogP contribution in [0.1, 0.15) is 37.3 Å². The predicted octanol–water partition coefficient (Wildman–Crippen LogP) is 3.41. The monoisotopic (exact) mass is 408 g/mol.